The first-order valence-corrected chi connectivity index (χ1v) is 9.61. The fourth-order valence-corrected chi connectivity index (χ4v) is 4.63. The maximum atomic E-state index is 12.9. The number of halogens is 1. The van der Waals surface area contributed by atoms with Crippen LogP contribution in [0.4, 0.5) is 0 Å². The van der Waals surface area contributed by atoms with E-state index in [1.54, 1.807) is 10.9 Å². The number of nitriles is 1. The van der Waals surface area contributed by atoms with E-state index in [0.29, 0.717) is 5.56 Å². The minimum absolute atomic E-state index is 0.00179. The van der Waals surface area contributed by atoms with Gasteiger partial charge >= 0.3 is 0 Å². The molecule has 2 heterocycles. The average molecular weight is 381 g/mol. The van der Waals surface area contributed by atoms with Crippen molar-refractivity contribution in [3.05, 3.63) is 46.7 Å². The largest absolute Gasteiger partial charge is 0.371 e. The Hall–Kier alpha value is -1.92. The van der Waals surface area contributed by atoms with Crippen LogP contribution in [0.3, 0.4) is 0 Å². The van der Waals surface area contributed by atoms with Crippen molar-refractivity contribution in [2.45, 2.75) is 24.5 Å². The Morgan fingerprint density at radius 3 is 2.92 bits per heavy atom. The third kappa shape index (κ3) is 3.55. The van der Waals surface area contributed by atoms with E-state index in [1.165, 1.54) is 22.5 Å². The monoisotopic (exact) mass is 380 g/mol. The van der Waals surface area contributed by atoms with Crippen LogP contribution in [0.1, 0.15) is 24.2 Å². The van der Waals surface area contributed by atoms with Gasteiger partial charge in [0.05, 0.1) is 35.6 Å². The van der Waals surface area contributed by atoms with E-state index in [4.69, 9.17) is 21.6 Å². The SMILES string of the molecule is CCn1cc(C2CN(S(=O)(=O)c3ccc(C#N)cc3Cl)CCO2)cn1. The van der Waals surface area contributed by atoms with Crippen molar-refractivity contribution < 1.29 is 13.2 Å². The molecule has 1 aliphatic rings. The molecule has 25 heavy (non-hydrogen) atoms. The molecule has 7 nitrogen and oxygen atoms in total. The molecule has 0 radical (unpaired) electrons. The Morgan fingerprint density at radius 1 is 1.48 bits per heavy atom. The van der Waals surface area contributed by atoms with E-state index >= 15 is 0 Å². The highest BCUT2D eigenvalue weighted by Gasteiger charge is 2.33. The van der Waals surface area contributed by atoms with E-state index in [2.05, 4.69) is 5.10 Å². The summed E-state index contributed by atoms with van der Waals surface area (Å²) in [6, 6.07) is 6.12. The van der Waals surface area contributed by atoms with Crippen molar-refractivity contribution in [2.24, 2.45) is 0 Å². The number of rotatable bonds is 4. The van der Waals surface area contributed by atoms with Gasteiger partial charge in [-0.2, -0.15) is 14.7 Å². The first-order chi connectivity index (χ1) is 12.0. The summed E-state index contributed by atoms with van der Waals surface area (Å²) in [4.78, 5) is -0.00179. The van der Waals surface area contributed by atoms with Crippen LogP contribution < -0.4 is 0 Å². The van der Waals surface area contributed by atoms with Gasteiger partial charge in [-0.15, -0.1) is 0 Å². The Kier molecular flexibility index (Phi) is 5.11. The normalized spacial score (nSPS) is 18.8. The van der Waals surface area contributed by atoms with Gasteiger partial charge in [0, 0.05) is 31.4 Å². The molecule has 1 aliphatic heterocycles. The van der Waals surface area contributed by atoms with Crippen LogP contribution in [0.15, 0.2) is 35.5 Å². The fraction of sp³-hybridized carbons (Fsp3) is 0.375. The van der Waals surface area contributed by atoms with E-state index in [0.717, 1.165) is 12.1 Å². The molecule has 0 spiro atoms. The predicted molar refractivity (Wildman–Crippen MR) is 91.5 cm³/mol. The minimum Gasteiger partial charge on any atom is -0.371 e. The zero-order valence-corrected chi connectivity index (χ0v) is 15.2. The second kappa shape index (κ2) is 7.14. The van der Waals surface area contributed by atoms with Gasteiger partial charge in [-0.25, -0.2) is 8.42 Å². The molecule has 1 atom stereocenters. The van der Waals surface area contributed by atoms with E-state index in [1.807, 2.05) is 19.2 Å². The molecule has 2 aromatic rings. The molecule has 1 aromatic carbocycles. The molecule has 0 N–H and O–H groups in total. The van der Waals surface area contributed by atoms with E-state index in [9.17, 15) is 8.42 Å². The van der Waals surface area contributed by atoms with Gasteiger partial charge in [-0.1, -0.05) is 11.6 Å². The Bertz CT molecular complexity index is 920. The summed E-state index contributed by atoms with van der Waals surface area (Å²) in [6.45, 7) is 3.43. The fourth-order valence-electron chi connectivity index (χ4n) is 2.68. The van der Waals surface area contributed by atoms with Crippen molar-refractivity contribution in [3.8, 4) is 6.07 Å². The Morgan fingerprint density at radius 2 is 2.28 bits per heavy atom. The number of hydrogen-bond acceptors (Lipinski definition) is 5. The highest BCUT2D eigenvalue weighted by molar-refractivity contribution is 7.89. The number of nitrogens with zero attached hydrogens (tertiary/aromatic N) is 4. The molecule has 0 bridgehead atoms. The zero-order valence-electron chi connectivity index (χ0n) is 13.6. The molecule has 132 valence electrons. The first-order valence-electron chi connectivity index (χ1n) is 7.79. The maximum absolute atomic E-state index is 12.9. The van der Waals surface area contributed by atoms with Crippen LogP contribution in [-0.2, 0) is 21.3 Å². The van der Waals surface area contributed by atoms with E-state index in [-0.39, 0.29) is 35.7 Å². The lowest BCUT2D eigenvalue weighted by Gasteiger charge is -2.31. The van der Waals surface area contributed by atoms with Crippen molar-refractivity contribution in [2.75, 3.05) is 19.7 Å². The topological polar surface area (TPSA) is 88.2 Å². The molecule has 0 amide bonds. The zero-order chi connectivity index (χ0) is 18.0. The lowest BCUT2D eigenvalue weighted by molar-refractivity contribution is -0.00260. The first kappa shape index (κ1) is 17.9. The van der Waals surface area contributed by atoms with Crippen LogP contribution in [0.2, 0.25) is 5.02 Å². The number of morpholine rings is 1. The summed E-state index contributed by atoms with van der Waals surface area (Å²) >= 11 is 6.09. The van der Waals surface area contributed by atoms with E-state index < -0.39 is 10.0 Å². The number of benzene rings is 1. The molecule has 1 unspecified atom stereocenters. The summed E-state index contributed by atoms with van der Waals surface area (Å²) in [5.74, 6) is 0. The van der Waals surface area contributed by atoms with Gasteiger partial charge in [0.2, 0.25) is 10.0 Å². The third-order valence-electron chi connectivity index (χ3n) is 4.06. The molecule has 9 heteroatoms. The molecular weight excluding hydrogens is 364 g/mol. The summed E-state index contributed by atoms with van der Waals surface area (Å²) < 4.78 is 34.7. The molecule has 0 saturated carbocycles. The molecule has 0 aliphatic carbocycles. The second-order valence-corrected chi connectivity index (χ2v) is 7.92. The number of aromatic nitrogens is 2. The van der Waals surface area contributed by atoms with Crippen molar-refractivity contribution in [3.63, 3.8) is 0 Å². The predicted octanol–water partition coefficient (Wildman–Crippen LogP) is 2.19. The summed E-state index contributed by atoms with van der Waals surface area (Å²) in [5, 5.41) is 13.1. The highest BCUT2D eigenvalue weighted by atomic mass is 35.5. The number of aryl methyl sites for hydroxylation is 1. The van der Waals surface area contributed by atoms with Crippen LogP contribution in [0.25, 0.3) is 0 Å². The van der Waals surface area contributed by atoms with Crippen molar-refractivity contribution in [1.82, 2.24) is 14.1 Å². The quantitative estimate of drug-likeness (QED) is 0.811. The molecule has 1 fully saturated rings. The van der Waals surface area contributed by atoms with Gasteiger partial charge < -0.3 is 4.74 Å². The van der Waals surface area contributed by atoms with Gasteiger partial charge in [0.1, 0.15) is 4.90 Å². The third-order valence-corrected chi connectivity index (χ3v) is 6.41. The highest BCUT2D eigenvalue weighted by Crippen LogP contribution is 2.30. The van der Waals surface area contributed by atoms with Crippen molar-refractivity contribution in [1.29, 1.82) is 5.26 Å². The number of hydrogen-bond donors (Lipinski definition) is 0. The second-order valence-electron chi connectivity index (χ2n) is 5.61. The average Bonchev–Trinajstić information content (AvgIpc) is 3.10. The van der Waals surface area contributed by atoms with Crippen LogP contribution in [0, 0.1) is 11.3 Å². The van der Waals surface area contributed by atoms with Gasteiger partial charge in [-0.05, 0) is 25.1 Å². The van der Waals surface area contributed by atoms with Crippen LogP contribution >= 0.6 is 11.6 Å². The van der Waals surface area contributed by atoms with Crippen LogP contribution in [0.5, 0.6) is 0 Å². The molecule has 1 saturated heterocycles. The standard InChI is InChI=1S/C16H17ClN4O3S/c1-2-20-10-13(9-19-20)15-11-21(5-6-24-15)25(22,23)16-4-3-12(8-18)7-14(16)17/h3-4,7,9-10,15H,2,5-6,11H2,1H3. The smallest absolute Gasteiger partial charge is 0.244 e. The summed E-state index contributed by atoms with van der Waals surface area (Å²) in [5.41, 5.74) is 1.16. The number of sulfonamides is 1. The van der Waals surface area contributed by atoms with Crippen molar-refractivity contribution >= 4 is 21.6 Å². The molecular formula is C16H17ClN4O3S. The Balaban J connectivity index is 1.86. The number of ether oxygens (including phenoxy) is 1. The minimum atomic E-state index is -3.77. The molecule has 1 aromatic heterocycles. The lowest BCUT2D eigenvalue weighted by atomic mass is 10.2. The molecule has 3 rings (SSSR count). The van der Waals surface area contributed by atoms with Crippen LogP contribution in [-0.4, -0.2) is 42.2 Å². The Labute approximate surface area is 151 Å². The lowest BCUT2D eigenvalue weighted by Crippen LogP contribution is -2.42. The van der Waals surface area contributed by atoms with Gasteiger partial charge in [-0.3, -0.25) is 4.68 Å². The summed E-state index contributed by atoms with van der Waals surface area (Å²) in [6.07, 6.45) is 3.18. The maximum Gasteiger partial charge on any atom is 0.244 e. The van der Waals surface area contributed by atoms with Gasteiger partial charge in [0.15, 0.2) is 0 Å². The summed E-state index contributed by atoms with van der Waals surface area (Å²) in [7, 11) is -3.77. The van der Waals surface area contributed by atoms with Gasteiger partial charge in [0.25, 0.3) is 0 Å².